The summed E-state index contributed by atoms with van der Waals surface area (Å²) < 4.78 is 16.9. The zero-order valence-electron chi connectivity index (χ0n) is 20.7. The molecule has 7 heteroatoms. The van der Waals surface area contributed by atoms with Crippen molar-refractivity contribution in [2.45, 2.75) is 25.8 Å². The fourth-order valence-corrected chi connectivity index (χ4v) is 4.66. The van der Waals surface area contributed by atoms with Gasteiger partial charge in [0.1, 0.15) is 24.7 Å². The minimum absolute atomic E-state index is 0.0527. The molecular formula is C30H29NO6. The molecular weight excluding hydrogens is 470 g/mol. The van der Waals surface area contributed by atoms with Gasteiger partial charge in [0.05, 0.1) is 18.2 Å². The number of likely N-dealkylation sites (tertiary alicyclic amines) is 1. The van der Waals surface area contributed by atoms with Gasteiger partial charge in [-0.2, -0.15) is 0 Å². The van der Waals surface area contributed by atoms with E-state index in [2.05, 4.69) is 0 Å². The lowest BCUT2D eigenvalue weighted by Gasteiger charge is -2.26. The second kappa shape index (κ2) is 10.8. The summed E-state index contributed by atoms with van der Waals surface area (Å²) in [5.74, 6) is 0.184. The number of hydrogen-bond donors (Lipinski definition) is 1. The third-order valence-electron chi connectivity index (χ3n) is 6.51. The van der Waals surface area contributed by atoms with Crippen molar-refractivity contribution in [1.82, 2.24) is 4.90 Å². The summed E-state index contributed by atoms with van der Waals surface area (Å²) in [6, 6.07) is 21.4. The number of Topliss-reactive ketones (excluding diaryl/α,β-unsaturated/α-hetero) is 1. The molecule has 1 atom stereocenters. The van der Waals surface area contributed by atoms with E-state index in [9.17, 15) is 14.7 Å². The highest BCUT2D eigenvalue weighted by Crippen LogP contribution is 2.41. The Morgan fingerprint density at radius 2 is 1.70 bits per heavy atom. The number of fused-ring (bicyclic) bond motifs is 1. The van der Waals surface area contributed by atoms with Crippen LogP contribution in [0.3, 0.4) is 0 Å². The molecule has 37 heavy (non-hydrogen) atoms. The first-order chi connectivity index (χ1) is 18.1. The van der Waals surface area contributed by atoms with Gasteiger partial charge in [-0.15, -0.1) is 0 Å². The molecule has 0 radical (unpaired) electrons. The Hall–Kier alpha value is -4.26. The van der Waals surface area contributed by atoms with Crippen molar-refractivity contribution in [2.24, 2.45) is 0 Å². The van der Waals surface area contributed by atoms with Gasteiger partial charge < -0.3 is 24.2 Å². The van der Waals surface area contributed by atoms with Crippen LogP contribution in [-0.4, -0.2) is 48.1 Å². The average Bonchev–Trinajstić information content (AvgIpc) is 3.20. The first-order valence-electron chi connectivity index (χ1n) is 12.5. The molecule has 2 heterocycles. The standard InChI is InChI=1S/C30H29NO6/c1-2-16-35-23-11-8-21(9-12-23)27-26(28(32)22-10-13-24-25(19-22)37-18-17-36-24)29(33)30(34)31(27)15-14-20-6-4-3-5-7-20/h3-13,19,27,32H,2,14-18H2,1H3/t27-/m0/s1. The molecule has 0 saturated carbocycles. The zero-order valence-corrected chi connectivity index (χ0v) is 20.7. The highest BCUT2D eigenvalue weighted by atomic mass is 16.6. The van der Waals surface area contributed by atoms with E-state index in [1.54, 1.807) is 23.1 Å². The van der Waals surface area contributed by atoms with Gasteiger partial charge in [-0.3, -0.25) is 9.59 Å². The Kier molecular flexibility index (Phi) is 7.12. The molecule has 2 aliphatic heterocycles. The Morgan fingerprint density at radius 1 is 0.973 bits per heavy atom. The van der Waals surface area contributed by atoms with Crippen LogP contribution in [0.4, 0.5) is 0 Å². The number of aliphatic hydroxyl groups excluding tert-OH is 1. The van der Waals surface area contributed by atoms with Gasteiger partial charge in [0.2, 0.25) is 0 Å². The van der Waals surface area contributed by atoms with Gasteiger partial charge in [0.25, 0.3) is 11.7 Å². The summed E-state index contributed by atoms with van der Waals surface area (Å²) in [5.41, 5.74) is 2.21. The molecule has 2 aliphatic rings. The summed E-state index contributed by atoms with van der Waals surface area (Å²) in [6.45, 7) is 3.80. The first kappa shape index (κ1) is 24.4. The maximum Gasteiger partial charge on any atom is 0.295 e. The molecule has 0 aromatic heterocycles. The lowest BCUT2D eigenvalue weighted by Crippen LogP contribution is -2.31. The van der Waals surface area contributed by atoms with E-state index in [0.29, 0.717) is 55.6 Å². The van der Waals surface area contributed by atoms with E-state index in [1.165, 1.54) is 0 Å². The van der Waals surface area contributed by atoms with Crippen molar-refractivity contribution in [3.05, 3.63) is 95.1 Å². The molecule has 7 nitrogen and oxygen atoms in total. The van der Waals surface area contributed by atoms with Crippen LogP contribution in [0.2, 0.25) is 0 Å². The van der Waals surface area contributed by atoms with Crippen LogP contribution < -0.4 is 14.2 Å². The molecule has 0 aliphatic carbocycles. The van der Waals surface area contributed by atoms with Gasteiger partial charge in [-0.25, -0.2) is 0 Å². The number of ketones is 1. The molecule has 0 spiro atoms. The predicted octanol–water partition coefficient (Wildman–Crippen LogP) is 4.91. The number of carbonyl (C=O) groups excluding carboxylic acids is 2. The van der Waals surface area contributed by atoms with Crippen LogP contribution in [0.1, 0.15) is 36.1 Å². The Bertz CT molecular complexity index is 1320. The van der Waals surface area contributed by atoms with Crippen LogP contribution in [-0.2, 0) is 16.0 Å². The van der Waals surface area contributed by atoms with Crippen molar-refractivity contribution in [1.29, 1.82) is 0 Å². The summed E-state index contributed by atoms with van der Waals surface area (Å²) in [7, 11) is 0. The molecule has 190 valence electrons. The molecule has 0 bridgehead atoms. The summed E-state index contributed by atoms with van der Waals surface area (Å²) in [5, 5.41) is 11.4. The first-order valence-corrected chi connectivity index (χ1v) is 12.5. The fraction of sp³-hybridized carbons (Fsp3) is 0.267. The molecule has 3 aromatic rings. The third kappa shape index (κ3) is 5.03. The van der Waals surface area contributed by atoms with Crippen LogP contribution >= 0.6 is 0 Å². The smallest absolute Gasteiger partial charge is 0.295 e. The van der Waals surface area contributed by atoms with Crippen LogP contribution in [0, 0.1) is 0 Å². The van der Waals surface area contributed by atoms with Crippen LogP contribution in [0.25, 0.3) is 5.76 Å². The van der Waals surface area contributed by atoms with Gasteiger partial charge in [-0.05, 0) is 54.3 Å². The third-order valence-corrected chi connectivity index (χ3v) is 6.51. The van der Waals surface area contributed by atoms with Crippen molar-refractivity contribution in [3.63, 3.8) is 0 Å². The second-order valence-electron chi connectivity index (χ2n) is 9.00. The van der Waals surface area contributed by atoms with Crippen molar-refractivity contribution < 1.29 is 28.9 Å². The van der Waals surface area contributed by atoms with E-state index in [4.69, 9.17) is 14.2 Å². The number of hydrogen-bond acceptors (Lipinski definition) is 6. The minimum atomic E-state index is -0.739. The second-order valence-corrected chi connectivity index (χ2v) is 9.00. The lowest BCUT2D eigenvalue weighted by atomic mass is 9.95. The fourth-order valence-electron chi connectivity index (χ4n) is 4.66. The lowest BCUT2D eigenvalue weighted by molar-refractivity contribution is -0.139. The highest BCUT2D eigenvalue weighted by molar-refractivity contribution is 6.46. The molecule has 0 unspecified atom stereocenters. The van der Waals surface area contributed by atoms with Gasteiger partial charge in [0.15, 0.2) is 11.5 Å². The molecule has 1 fully saturated rings. The van der Waals surface area contributed by atoms with E-state index < -0.39 is 17.7 Å². The molecule has 1 N–H and O–H groups in total. The SMILES string of the molecule is CCCOc1ccc([C@H]2C(=C(O)c3ccc4c(c3)OCCO4)C(=O)C(=O)N2CCc2ccccc2)cc1. The topological polar surface area (TPSA) is 85.3 Å². The van der Waals surface area contributed by atoms with Crippen molar-refractivity contribution in [2.75, 3.05) is 26.4 Å². The number of aliphatic hydroxyl groups is 1. The highest BCUT2D eigenvalue weighted by Gasteiger charge is 2.46. The minimum Gasteiger partial charge on any atom is -0.507 e. The van der Waals surface area contributed by atoms with E-state index in [0.717, 1.165) is 17.5 Å². The molecule has 1 amide bonds. The van der Waals surface area contributed by atoms with Gasteiger partial charge in [-0.1, -0.05) is 49.4 Å². The quantitative estimate of drug-likeness (QED) is 0.269. The number of carbonyl (C=O) groups is 2. The summed E-state index contributed by atoms with van der Waals surface area (Å²) in [4.78, 5) is 28.1. The number of amides is 1. The number of ether oxygens (including phenoxy) is 3. The monoisotopic (exact) mass is 499 g/mol. The molecule has 1 saturated heterocycles. The Balaban J connectivity index is 1.54. The van der Waals surface area contributed by atoms with Gasteiger partial charge >= 0.3 is 0 Å². The molecule has 5 rings (SSSR count). The number of nitrogens with zero attached hydrogens (tertiary/aromatic N) is 1. The largest absolute Gasteiger partial charge is 0.507 e. The average molecular weight is 500 g/mol. The number of benzene rings is 3. The Morgan fingerprint density at radius 3 is 2.43 bits per heavy atom. The maximum atomic E-state index is 13.3. The Labute approximate surface area is 215 Å². The summed E-state index contributed by atoms with van der Waals surface area (Å²) in [6.07, 6.45) is 1.46. The van der Waals surface area contributed by atoms with Crippen molar-refractivity contribution >= 4 is 17.4 Å². The van der Waals surface area contributed by atoms with E-state index in [-0.39, 0.29) is 11.3 Å². The van der Waals surface area contributed by atoms with Crippen LogP contribution in [0.15, 0.2) is 78.4 Å². The van der Waals surface area contributed by atoms with Crippen LogP contribution in [0.5, 0.6) is 17.2 Å². The van der Waals surface area contributed by atoms with Gasteiger partial charge in [0, 0.05) is 12.1 Å². The number of rotatable bonds is 8. The van der Waals surface area contributed by atoms with E-state index in [1.807, 2.05) is 61.5 Å². The maximum absolute atomic E-state index is 13.3. The zero-order chi connectivity index (χ0) is 25.8. The summed E-state index contributed by atoms with van der Waals surface area (Å²) >= 11 is 0. The predicted molar refractivity (Wildman–Crippen MR) is 139 cm³/mol. The van der Waals surface area contributed by atoms with Crippen molar-refractivity contribution in [3.8, 4) is 17.2 Å². The normalized spacial score (nSPS) is 18.2. The molecule has 3 aromatic carbocycles. The van der Waals surface area contributed by atoms with E-state index >= 15 is 0 Å².